The first-order chi connectivity index (χ1) is 8.96. The Morgan fingerprint density at radius 1 is 1.53 bits per heavy atom. The summed E-state index contributed by atoms with van der Waals surface area (Å²) in [7, 11) is 0. The summed E-state index contributed by atoms with van der Waals surface area (Å²) in [4.78, 5) is 25.2. The van der Waals surface area contributed by atoms with E-state index in [1.807, 2.05) is 6.92 Å². The minimum absolute atomic E-state index is 0.133. The second-order valence-electron chi connectivity index (χ2n) is 5.28. The fourth-order valence-corrected chi connectivity index (χ4v) is 2.42. The van der Waals surface area contributed by atoms with Crippen molar-refractivity contribution in [2.75, 3.05) is 13.1 Å². The van der Waals surface area contributed by atoms with Gasteiger partial charge in [-0.05, 0) is 26.7 Å². The first-order valence-corrected chi connectivity index (χ1v) is 6.51. The third kappa shape index (κ3) is 2.62. The number of carbonyl (C=O) groups is 2. The molecule has 1 amide bonds. The maximum atomic E-state index is 12.3. The molecule has 1 unspecified atom stereocenters. The molecular formula is C13H19N3O3. The zero-order chi connectivity index (χ0) is 14.0. The van der Waals surface area contributed by atoms with Gasteiger partial charge in [0.15, 0.2) is 0 Å². The van der Waals surface area contributed by atoms with Crippen molar-refractivity contribution in [1.29, 1.82) is 0 Å². The van der Waals surface area contributed by atoms with E-state index in [0.717, 1.165) is 6.42 Å². The molecule has 2 rings (SSSR count). The molecule has 1 atom stereocenters. The molecule has 6 heteroatoms. The third-order valence-electron chi connectivity index (χ3n) is 3.70. The molecule has 1 aromatic heterocycles. The molecule has 2 heterocycles. The van der Waals surface area contributed by atoms with Crippen molar-refractivity contribution in [2.24, 2.45) is 5.41 Å². The number of rotatable bonds is 3. The summed E-state index contributed by atoms with van der Waals surface area (Å²) in [5, 5.41) is 13.3. The molecular weight excluding hydrogens is 246 g/mol. The number of nitrogens with zero attached hydrogens (tertiary/aromatic N) is 3. The van der Waals surface area contributed by atoms with Gasteiger partial charge >= 0.3 is 5.97 Å². The molecule has 0 bridgehead atoms. The van der Waals surface area contributed by atoms with Crippen LogP contribution in [0.15, 0.2) is 12.4 Å². The molecule has 0 spiro atoms. The summed E-state index contributed by atoms with van der Waals surface area (Å²) >= 11 is 0. The van der Waals surface area contributed by atoms with Crippen LogP contribution in [0.3, 0.4) is 0 Å². The summed E-state index contributed by atoms with van der Waals surface area (Å²) in [6, 6.07) is 0. The van der Waals surface area contributed by atoms with Crippen LogP contribution in [0.1, 0.15) is 37.0 Å². The normalized spacial score (nSPS) is 23.4. The predicted octanol–water partition coefficient (Wildman–Crippen LogP) is 1.23. The molecule has 1 fully saturated rings. The lowest BCUT2D eigenvalue weighted by molar-refractivity contribution is -0.150. The maximum Gasteiger partial charge on any atom is 0.311 e. The van der Waals surface area contributed by atoms with E-state index in [9.17, 15) is 14.7 Å². The Labute approximate surface area is 112 Å². The Hall–Kier alpha value is -1.85. The Balaban J connectivity index is 2.13. The number of aliphatic carboxylic acids is 1. The first-order valence-electron chi connectivity index (χ1n) is 6.51. The molecule has 1 saturated heterocycles. The molecule has 1 N–H and O–H groups in total. The van der Waals surface area contributed by atoms with Crippen LogP contribution in [0.5, 0.6) is 0 Å². The van der Waals surface area contributed by atoms with Crippen LogP contribution in [0.4, 0.5) is 0 Å². The van der Waals surface area contributed by atoms with Gasteiger partial charge in [0.2, 0.25) is 0 Å². The fraction of sp³-hybridized carbons (Fsp3) is 0.615. The van der Waals surface area contributed by atoms with Gasteiger partial charge in [0.1, 0.15) is 0 Å². The lowest BCUT2D eigenvalue weighted by Gasteiger charge is -2.37. The van der Waals surface area contributed by atoms with Gasteiger partial charge in [0, 0.05) is 25.8 Å². The van der Waals surface area contributed by atoms with E-state index in [0.29, 0.717) is 25.1 Å². The second kappa shape index (κ2) is 5.03. The van der Waals surface area contributed by atoms with Crippen LogP contribution in [-0.2, 0) is 11.3 Å². The number of aromatic nitrogens is 2. The van der Waals surface area contributed by atoms with Gasteiger partial charge in [0.05, 0.1) is 17.2 Å². The quantitative estimate of drug-likeness (QED) is 0.892. The van der Waals surface area contributed by atoms with Gasteiger partial charge in [-0.3, -0.25) is 14.3 Å². The minimum atomic E-state index is -0.839. The van der Waals surface area contributed by atoms with Crippen molar-refractivity contribution in [3.63, 3.8) is 0 Å². The Bertz CT molecular complexity index is 497. The van der Waals surface area contributed by atoms with Crippen LogP contribution in [0.2, 0.25) is 0 Å². The van der Waals surface area contributed by atoms with E-state index in [-0.39, 0.29) is 12.5 Å². The van der Waals surface area contributed by atoms with Crippen molar-refractivity contribution in [1.82, 2.24) is 14.7 Å². The zero-order valence-corrected chi connectivity index (χ0v) is 11.3. The van der Waals surface area contributed by atoms with Crippen molar-refractivity contribution >= 4 is 11.9 Å². The van der Waals surface area contributed by atoms with E-state index in [2.05, 4.69) is 5.10 Å². The van der Waals surface area contributed by atoms with Gasteiger partial charge < -0.3 is 10.0 Å². The van der Waals surface area contributed by atoms with E-state index in [4.69, 9.17) is 0 Å². The second-order valence-corrected chi connectivity index (χ2v) is 5.28. The molecule has 6 nitrogen and oxygen atoms in total. The number of likely N-dealkylation sites (tertiary alicyclic amines) is 1. The van der Waals surface area contributed by atoms with E-state index < -0.39 is 11.4 Å². The third-order valence-corrected chi connectivity index (χ3v) is 3.70. The van der Waals surface area contributed by atoms with Gasteiger partial charge in [-0.25, -0.2) is 0 Å². The summed E-state index contributed by atoms with van der Waals surface area (Å²) in [6.45, 7) is 5.23. The predicted molar refractivity (Wildman–Crippen MR) is 68.8 cm³/mol. The average molecular weight is 265 g/mol. The zero-order valence-electron chi connectivity index (χ0n) is 11.3. The lowest BCUT2D eigenvalue weighted by Crippen LogP contribution is -2.48. The number of piperidine rings is 1. The van der Waals surface area contributed by atoms with Crippen LogP contribution in [-0.4, -0.2) is 44.8 Å². The number of carboxylic acid groups (broad SMARTS) is 1. The van der Waals surface area contributed by atoms with Crippen LogP contribution < -0.4 is 0 Å². The van der Waals surface area contributed by atoms with Crippen molar-refractivity contribution in [3.8, 4) is 0 Å². The van der Waals surface area contributed by atoms with Gasteiger partial charge in [0.25, 0.3) is 5.91 Å². The number of aryl methyl sites for hydroxylation is 1. The highest BCUT2D eigenvalue weighted by Gasteiger charge is 2.39. The molecule has 0 radical (unpaired) electrons. The highest BCUT2D eigenvalue weighted by molar-refractivity contribution is 5.94. The lowest BCUT2D eigenvalue weighted by atomic mass is 9.82. The topological polar surface area (TPSA) is 75.4 Å². The molecule has 1 aliphatic rings. The standard InChI is InChI=1S/C13H19N3O3/c1-3-16-8-10(7-14-16)11(17)15-6-4-5-13(2,9-15)12(18)19/h7-8H,3-6,9H2,1-2H3,(H,18,19). The number of amides is 1. The first kappa shape index (κ1) is 13.6. The smallest absolute Gasteiger partial charge is 0.311 e. The van der Waals surface area contributed by atoms with Gasteiger partial charge in [-0.1, -0.05) is 0 Å². The molecule has 0 saturated carbocycles. The number of hydrogen-bond acceptors (Lipinski definition) is 3. The van der Waals surface area contributed by atoms with E-state index in [1.54, 1.807) is 28.9 Å². The minimum Gasteiger partial charge on any atom is -0.481 e. The highest BCUT2D eigenvalue weighted by Crippen LogP contribution is 2.30. The molecule has 0 aliphatic carbocycles. The van der Waals surface area contributed by atoms with Crippen LogP contribution >= 0.6 is 0 Å². The Morgan fingerprint density at radius 3 is 2.84 bits per heavy atom. The van der Waals surface area contributed by atoms with Gasteiger partial charge in [-0.15, -0.1) is 0 Å². The highest BCUT2D eigenvalue weighted by atomic mass is 16.4. The molecule has 1 aromatic rings. The number of carbonyl (C=O) groups excluding carboxylic acids is 1. The van der Waals surface area contributed by atoms with Crippen molar-refractivity contribution in [3.05, 3.63) is 18.0 Å². The van der Waals surface area contributed by atoms with Crippen LogP contribution in [0, 0.1) is 5.41 Å². The van der Waals surface area contributed by atoms with Gasteiger partial charge in [-0.2, -0.15) is 5.10 Å². The molecule has 19 heavy (non-hydrogen) atoms. The van der Waals surface area contributed by atoms with Crippen molar-refractivity contribution in [2.45, 2.75) is 33.2 Å². The number of carboxylic acids is 1. The van der Waals surface area contributed by atoms with E-state index >= 15 is 0 Å². The summed E-state index contributed by atoms with van der Waals surface area (Å²) in [5.41, 5.74) is -0.314. The largest absolute Gasteiger partial charge is 0.481 e. The Morgan fingerprint density at radius 2 is 2.26 bits per heavy atom. The molecule has 0 aromatic carbocycles. The monoisotopic (exact) mass is 265 g/mol. The number of hydrogen-bond donors (Lipinski definition) is 1. The van der Waals surface area contributed by atoms with Crippen LogP contribution in [0.25, 0.3) is 0 Å². The summed E-state index contributed by atoms with van der Waals surface area (Å²) in [5.74, 6) is -0.971. The van der Waals surface area contributed by atoms with E-state index in [1.165, 1.54) is 0 Å². The SMILES string of the molecule is CCn1cc(C(=O)N2CCCC(C)(C(=O)O)C2)cn1. The average Bonchev–Trinajstić information content (AvgIpc) is 2.86. The Kier molecular flexibility index (Phi) is 3.59. The molecule has 104 valence electrons. The summed E-state index contributed by atoms with van der Waals surface area (Å²) < 4.78 is 1.69. The van der Waals surface area contributed by atoms with Crippen molar-refractivity contribution < 1.29 is 14.7 Å². The summed E-state index contributed by atoms with van der Waals surface area (Å²) in [6.07, 6.45) is 4.57. The fourth-order valence-electron chi connectivity index (χ4n) is 2.42. The molecule has 1 aliphatic heterocycles. The maximum absolute atomic E-state index is 12.3.